The first-order valence-electron chi connectivity index (χ1n) is 7.59. The van der Waals surface area contributed by atoms with Crippen LogP contribution in [0.15, 0.2) is 53.7 Å². The molecule has 1 aromatic heterocycles. The molecular weight excluding hydrogens is 386 g/mol. The molecule has 0 unspecified atom stereocenters. The zero-order valence-corrected chi connectivity index (χ0v) is 14.6. The molecule has 1 N–H and O–H groups in total. The van der Waals surface area contributed by atoms with Crippen LogP contribution in [0.3, 0.4) is 0 Å². The molecule has 0 saturated heterocycles. The van der Waals surface area contributed by atoms with Crippen molar-refractivity contribution in [3.63, 3.8) is 0 Å². The molecule has 1 atom stereocenters. The summed E-state index contributed by atoms with van der Waals surface area (Å²) in [5.74, 6) is -5.54. The molecule has 0 saturated carbocycles. The van der Waals surface area contributed by atoms with Gasteiger partial charge in [-0.25, -0.2) is 31.0 Å². The first-order valence-corrected chi connectivity index (χ1v) is 9.07. The summed E-state index contributed by atoms with van der Waals surface area (Å²) in [5, 5.41) is 0. The van der Waals surface area contributed by atoms with Crippen LogP contribution in [0.1, 0.15) is 17.4 Å². The van der Waals surface area contributed by atoms with Crippen molar-refractivity contribution in [1.82, 2.24) is 14.3 Å². The maximum absolute atomic E-state index is 14.0. The van der Waals surface area contributed by atoms with Crippen LogP contribution >= 0.6 is 0 Å². The van der Waals surface area contributed by atoms with E-state index in [1.165, 1.54) is 22.9 Å². The van der Waals surface area contributed by atoms with Gasteiger partial charge in [0.25, 0.3) is 0 Å². The number of aromatic nitrogens is 2. The summed E-state index contributed by atoms with van der Waals surface area (Å²) in [6.07, 6.45) is 2.97. The summed E-state index contributed by atoms with van der Waals surface area (Å²) >= 11 is 0. The van der Waals surface area contributed by atoms with Crippen molar-refractivity contribution in [3.8, 4) is 0 Å². The Balaban J connectivity index is 2.08. The van der Waals surface area contributed by atoms with Gasteiger partial charge >= 0.3 is 0 Å². The molecule has 3 aromatic rings. The molecule has 2 aromatic carbocycles. The van der Waals surface area contributed by atoms with Gasteiger partial charge < -0.3 is 4.57 Å². The van der Waals surface area contributed by atoms with Crippen LogP contribution in [0.25, 0.3) is 0 Å². The van der Waals surface area contributed by atoms with Crippen molar-refractivity contribution in [1.29, 1.82) is 0 Å². The maximum Gasteiger partial charge on any atom is 0.244 e. The third kappa shape index (κ3) is 3.71. The number of halogens is 4. The molecule has 0 aliphatic rings. The predicted molar refractivity (Wildman–Crippen MR) is 88.1 cm³/mol. The fourth-order valence-electron chi connectivity index (χ4n) is 2.51. The minimum atomic E-state index is -4.61. The molecular formula is C17H13F4N3O2S. The molecule has 0 amide bonds. The van der Waals surface area contributed by atoms with Gasteiger partial charge in [-0.3, -0.25) is 0 Å². The molecule has 0 radical (unpaired) electrons. The number of rotatable bonds is 5. The first kappa shape index (κ1) is 19.1. The van der Waals surface area contributed by atoms with E-state index >= 15 is 0 Å². The Morgan fingerprint density at radius 3 is 2.26 bits per heavy atom. The molecule has 1 heterocycles. The van der Waals surface area contributed by atoms with Crippen molar-refractivity contribution < 1.29 is 26.0 Å². The van der Waals surface area contributed by atoms with Crippen LogP contribution in [-0.4, -0.2) is 18.0 Å². The van der Waals surface area contributed by atoms with Crippen molar-refractivity contribution in [2.45, 2.75) is 10.9 Å². The number of nitrogens with zero attached hydrogens (tertiary/aromatic N) is 2. The second-order valence-electron chi connectivity index (χ2n) is 5.68. The van der Waals surface area contributed by atoms with Gasteiger partial charge in [0.05, 0.1) is 0 Å². The van der Waals surface area contributed by atoms with Gasteiger partial charge in [0, 0.05) is 19.4 Å². The second kappa shape index (κ2) is 7.12. The normalized spacial score (nSPS) is 12.9. The summed E-state index contributed by atoms with van der Waals surface area (Å²) in [7, 11) is -3.01. The molecule has 5 nitrogen and oxygen atoms in total. The highest BCUT2D eigenvalue weighted by molar-refractivity contribution is 7.89. The summed E-state index contributed by atoms with van der Waals surface area (Å²) in [4.78, 5) is 3.01. The number of sulfonamides is 1. The van der Waals surface area contributed by atoms with E-state index in [1.807, 2.05) is 0 Å². The van der Waals surface area contributed by atoms with Crippen molar-refractivity contribution in [3.05, 3.63) is 83.4 Å². The topological polar surface area (TPSA) is 64.0 Å². The number of nitrogens with one attached hydrogen (secondary N) is 1. The van der Waals surface area contributed by atoms with E-state index in [9.17, 15) is 26.0 Å². The van der Waals surface area contributed by atoms with Gasteiger partial charge in [-0.2, -0.15) is 4.72 Å². The monoisotopic (exact) mass is 399 g/mol. The van der Waals surface area contributed by atoms with E-state index in [2.05, 4.69) is 9.71 Å². The molecule has 0 aliphatic heterocycles. The summed E-state index contributed by atoms with van der Waals surface area (Å²) in [5.41, 5.74) is 0.317. The number of hydrogen-bond donors (Lipinski definition) is 1. The summed E-state index contributed by atoms with van der Waals surface area (Å²) in [6.45, 7) is 0. The van der Waals surface area contributed by atoms with Crippen LogP contribution in [-0.2, 0) is 17.1 Å². The largest absolute Gasteiger partial charge is 0.336 e. The quantitative estimate of drug-likeness (QED) is 0.530. The third-order valence-electron chi connectivity index (χ3n) is 3.88. The van der Waals surface area contributed by atoms with Crippen LogP contribution in [0, 0.1) is 23.3 Å². The Kier molecular flexibility index (Phi) is 5.03. The Morgan fingerprint density at radius 1 is 1.00 bits per heavy atom. The maximum atomic E-state index is 14.0. The van der Waals surface area contributed by atoms with E-state index in [1.54, 1.807) is 13.2 Å². The zero-order chi connectivity index (χ0) is 19.8. The van der Waals surface area contributed by atoms with Gasteiger partial charge in [0.2, 0.25) is 10.0 Å². The molecule has 27 heavy (non-hydrogen) atoms. The van der Waals surface area contributed by atoms with E-state index in [0.29, 0.717) is 17.7 Å². The van der Waals surface area contributed by atoms with E-state index < -0.39 is 44.2 Å². The first-order chi connectivity index (χ1) is 12.7. The number of benzene rings is 2. The van der Waals surface area contributed by atoms with Crippen molar-refractivity contribution in [2.75, 3.05) is 0 Å². The van der Waals surface area contributed by atoms with Gasteiger partial charge in [0.1, 0.15) is 22.6 Å². The highest BCUT2D eigenvalue weighted by Crippen LogP contribution is 2.26. The van der Waals surface area contributed by atoms with Gasteiger partial charge in [-0.1, -0.05) is 12.1 Å². The molecule has 0 fully saturated rings. The standard InChI is InChI=1S/C17H13F4N3O2S/c1-24-9-8-22-17(24)16(10-2-4-11(18)5-3-10)23-27(25,26)13-7-6-12(19)14(20)15(13)21/h2-9,16,23H,1H3/t16-/m1/s1. The highest BCUT2D eigenvalue weighted by Gasteiger charge is 2.29. The summed E-state index contributed by atoms with van der Waals surface area (Å²) < 4.78 is 82.7. The fourth-order valence-corrected chi connectivity index (χ4v) is 3.77. The van der Waals surface area contributed by atoms with Crippen LogP contribution in [0.5, 0.6) is 0 Å². The zero-order valence-electron chi connectivity index (χ0n) is 13.8. The lowest BCUT2D eigenvalue weighted by Crippen LogP contribution is -2.32. The van der Waals surface area contributed by atoms with Gasteiger partial charge in [-0.05, 0) is 29.8 Å². The van der Waals surface area contributed by atoms with Crippen LogP contribution in [0.4, 0.5) is 17.6 Å². The third-order valence-corrected chi connectivity index (χ3v) is 5.32. The molecule has 10 heteroatoms. The summed E-state index contributed by atoms with van der Waals surface area (Å²) in [6, 6.07) is 4.92. The van der Waals surface area contributed by atoms with E-state index in [0.717, 1.165) is 12.1 Å². The van der Waals surface area contributed by atoms with Gasteiger partial charge in [0.15, 0.2) is 17.5 Å². The average molecular weight is 399 g/mol. The Hall–Kier alpha value is -2.72. The SMILES string of the molecule is Cn1ccnc1[C@H](NS(=O)(=O)c1ccc(F)c(F)c1F)c1ccc(F)cc1. The average Bonchev–Trinajstić information content (AvgIpc) is 3.04. The van der Waals surface area contributed by atoms with Crippen molar-refractivity contribution >= 4 is 10.0 Å². The van der Waals surface area contributed by atoms with Gasteiger partial charge in [-0.15, -0.1) is 0 Å². The van der Waals surface area contributed by atoms with Crippen LogP contribution < -0.4 is 4.72 Å². The number of imidazole rings is 1. The lowest BCUT2D eigenvalue weighted by atomic mass is 10.1. The second-order valence-corrected chi connectivity index (χ2v) is 7.36. The Morgan fingerprint density at radius 2 is 1.67 bits per heavy atom. The Labute approximate surface area is 152 Å². The Bertz CT molecular complexity index is 1080. The lowest BCUT2D eigenvalue weighted by molar-refractivity contribution is 0.431. The van der Waals surface area contributed by atoms with Crippen LogP contribution in [0.2, 0.25) is 0 Å². The molecule has 0 spiro atoms. The number of hydrogen-bond acceptors (Lipinski definition) is 3. The minimum absolute atomic E-state index is 0.230. The molecule has 3 rings (SSSR count). The van der Waals surface area contributed by atoms with E-state index in [4.69, 9.17) is 0 Å². The number of aryl methyl sites for hydroxylation is 1. The predicted octanol–water partition coefficient (Wildman–Crippen LogP) is 3.04. The van der Waals surface area contributed by atoms with E-state index in [-0.39, 0.29) is 5.82 Å². The minimum Gasteiger partial charge on any atom is -0.336 e. The molecule has 0 bridgehead atoms. The molecule has 0 aliphatic carbocycles. The smallest absolute Gasteiger partial charge is 0.244 e. The van der Waals surface area contributed by atoms with Crippen molar-refractivity contribution in [2.24, 2.45) is 7.05 Å². The molecule has 142 valence electrons. The highest BCUT2D eigenvalue weighted by atomic mass is 32.2. The fraction of sp³-hybridized carbons (Fsp3) is 0.118. The lowest BCUT2D eigenvalue weighted by Gasteiger charge is -2.19.